The van der Waals surface area contributed by atoms with Gasteiger partial charge >= 0.3 is 0 Å². The number of aryl methyl sites for hydroxylation is 2. The number of amides is 1. The van der Waals surface area contributed by atoms with E-state index in [4.69, 9.17) is 16.1 Å². The molecule has 2 aromatic carbocycles. The fourth-order valence-corrected chi connectivity index (χ4v) is 3.10. The highest BCUT2D eigenvalue weighted by molar-refractivity contribution is 6.33. The second-order valence-electron chi connectivity index (χ2n) is 6.09. The minimum atomic E-state index is -0.288. The quantitative estimate of drug-likeness (QED) is 0.553. The van der Waals surface area contributed by atoms with Crippen molar-refractivity contribution >= 4 is 34.2 Å². The fourth-order valence-electron chi connectivity index (χ4n) is 2.89. The standard InChI is InChI=1S/C20H15ClN4O2/c1-11-19(12(2)27-25-11)20(26)23-13-7-8-15(21)14(9-13)18-10-22-16-5-3-4-6-17(16)24-18/h3-10H,1-2H3,(H,23,26). The maximum absolute atomic E-state index is 12.6. The number of carbonyl (C=O) groups excluding carboxylic acids is 1. The molecule has 4 aromatic rings. The van der Waals surface area contributed by atoms with Crippen LogP contribution in [0.3, 0.4) is 0 Å². The van der Waals surface area contributed by atoms with Crippen LogP contribution in [0.1, 0.15) is 21.8 Å². The van der Waals surface area contributed by atoms with E-state index in [1.165, 1.54) is 0 Å². The molecular formula is C20H15ClN4O2. The van der Waals surface area contributed by atoms with Crippen molar-refractivity contribution < 1.29 is 9.32 Å². The number of nitrogens with zero attached hydrogens (tertiary/aromatic N) is 3. The summed E-state index contributed by atoms with van der Waals surface area (Å²) >= 11 is 6.36. The summed E-state index contributed by atoms with van der Waals surface area (Å²) in [5, 5.41) is 7.19. The predicted octanol–water partition coefficient (Wildman–Crippen LogP) is 4.81. The molecule has 1 N–H and O–H groups in total. The third-order valence-electron chi connectivity index (χ3n) is 4.21. The van der Waals surface area contributed by atoms with Crippen LogP contribution in [0.5, 0.6) is 0 Å². The molecule has 2 heterocycles. The van der Waals surface area contributed by atoms with Gasteiger partial charge in [-0.05, 0) is 44.2 Å². The van der Waals surface area contributed by atoms with E-state index < -0.39 is 0 Å². The van der Waals surface area contributed by atoms with Crippen LogP contribution in [0.25, 0.3) is 22.3 Å². The van der Waals surface area contributed by atoms with Gasteiger partial charge in [0.15, 0.2) is 0 Å². The lowest BCUT2D eigenvalue weighted by Crippen LogP contribution is -2.13. The zero-order chi connectivity index (χ0) is 19.0. The number of fused-ring (bicyclic) bond motifs is 1. The normalized spacial score (nSPS) is 10.9. The van der Waals surface area contributed by atoms with Gasteiger partial charge in [0.1, 0.15) is 11.3 Å². The minimum absolute atomic E-state index is 0.288. The smallest absolute Gasteiger partial charge is 0.261 e. The second kappa shape index (κ2) is 6.81. The Morgan fingerprint density at radius 3 is 2.63 bits per heavy atom. The monoisotopic (exact) mass is 378 g/mol. The van der Waals surface area contributed by atoms with Gasteiger partial charge in [-0.15, -0.1) is 0 Å². The zero-order valence-corrected chi connectivity index (χ0v) is 15.4. The highest BCUT2D eigenvalue weighted by atomic mass is 35.5. The number of halogens is 1. The Bertz CT molecular complexity index is 1150. The van der Waals surface area contributed by atoms with Gasteiger partial charge < -0.3 is 9.84 Å². The topological polar surface area (TPSA) is 80.9 Å². The molecule has 0 radical (unpaired) electrons. The highest BCUT2D eigenvalue weighted by Crippen LogP contribution is 2.30. The van der Waals surface area contributed by atoms with Gasteiger partial charge in [0.05, 0.1) is 33.6 Å². The summed E-state index contributed by atoms with van der Waals surface area (Å²) in [6.07, 6.45) is 1.67. The summed E-state index contributed by atoms with van der Waals surface area (Å²) in [6.45, 7) is 3.43. The number of nitrogens with one attached hydrogen (secondary N) is 1. The third-order valence-corrected chi connectivity index (χ3v) is 4.54. The average Bonchev–Trinajstić information content (AvgIpc) is 3.01. The van der Waals surface area contributed by atoms with Crippen molar-refractivity contribution in [1.82, 2.24) is 15.1 Å². The van der Waals surface area contributed by atoms with Crippen molar-refractivity contribution in [1.29, 1.82) is 0 Å². The molecule has 0 aliphatic rings. The van der Waals surface area contributed by atoms with Crippen LogP contribution in [0.2, 0.25) is 5.02 Å². The van der Waals surface area contributed by atoms with Gasteiger partial charge in [0.2, 0.25) is 0 Å². The Labute approximate surface area is 160 Å². The largest absolute Gasteiger partial charge is 0.361 e. The van der Waals surface area contributed by atoms with Crippen molar-refractivity contribution in [2.75, 3.05) is 5.32 Å². The van der Waals surface area contributed by atoms with Crippen LogP contribution in [0, 0.1) is 13.8 Å². The minimum Gasteiger partial charge on any atom is -0.361 e. The lowest BCUT2D eigenvalue weighted by molar-refractivity contribution is 0.102. The van der Waals surface area contributed by atoms with E-state index in [-0.39, 0.29) is 5.91 Å². The first kappa shape index (κ1) is 17.2. The fraction of sp³-hybridized carbons (Fsp3) is 0.100. The van der Waals surface area contributed by atoms with Crippen LogP contribution in [-0.4, -0.2) is 21.0 Å². The molecule has 0 fully saturated rings. The van der Waals surface area contributed by atoms with Crippen molar-refractivity contribution in [3.8, 4) is 11.3 Å². The number of rotatable bonds is 3. The predicted molar refractivity (Wildman–Crippen MR) is 104 cm³/mol. The molecule has 0 saturated carbocycles. The Morgan fingerprint density at radius 2 is 1.89 bits per heavy atom. The number of carbonyl (C=O) groups is 1. The molecule has 0 aliphatic carbocycles. The van der Waals surface area contributed by atoms with E-state index in [9.17, 15) is 4.79 Å². The van der Waals surface area contributed by atoms with Crippen LogP contribution in [0.15, 0.2) is 53.2 Å². The van der Waals surface area contributed by atoms with Crippen molar-refractivity contribution in [2.24, 2.45) is 0 Å². The first-order valence-electron chi connectivity index (χ1n) is 8.29. The zero-order valence-electron chi connectivity index (χ0n) is 14.7. The number of hydrogen-bond donors (Lipinski definition) is 1. The first-order chi connectivity index (χ1) is 13.0. The summed E-state index contributed by atoms with van der Waals surface area (Å²) in [5.74, 6) is 0.184. The SMILES string of the molecule is Cc1noc(C)c1C(=O)Nc1ccc(Cl)c(-c2cnc3ccccc3n2)c1. The van der Waals surface area contributed by atoms with Gasteiger partial charge in [-0.25, -0.2) is 4.98 Å². The van der Waals surface area contributed by atoms with Crippen molar-refractivity contribution in [3.05, 3.63) is 70.7 Å². The molecule has 0 saturated heterocycles. The molecule has 6 nitrogen and oxygen atoms in total. The van der Waals surface area contributed by atoms with Gasteiger partial charge in [-0.2, -0.15) is 0 Å². The van der Waals surface area contributed by atoms with Gasteiger partial charge in [0.25, 0.3) is 5.91 Å². The number of para-hydroxylation sites is 2. The number of anilines is 1. The van der Waals surface area contributed by atoms with E-state index in [1.54, 1.807) is 38.2 Å². The molecule has 0 unspecified atom stereocenters. The highest BCUT2D eigenvalue weighted by Gasteiger charge is 2.18. The molecule has 4 rings (SSSR count). The van der Waals surface area contributed by atoms with E-state index in [0.717, 1.165) is 11.0 Å². The molecule has 1 amide bonds. The van der Waals surface area contributed by atoms with Crippen LogP contribution >= 0.6 is 11.6 Å². The molecule has 134 valence electrons. The number of benzene rings is 2. The van der Waals surface area contributed by atoms with Crippen LogP contribution < -0.4 is 5.32 Å². The molecule has 27 heavy (non-hydrogen) atoms. The lowest BCUT2D eigenvalue weighted by atomic mass is 10.1. The Hall–Kier alpha value is -3.25. The maximum Gasteiger partial charge on any atom is 0.261 e. The van der Waals surface area contributed by atoms with Crippen molar-refractivity contribution in [3.63, 3.8) is 0 Å². The van der Waals surface area contributed by atoms with Crippen molar-refractivity contribution in [2.45, 2.75) is 13.8 Å². The van der Waals surface area contributed by atoms with Crippen LogP contribution in [0.4, 0.5) is 5.69 Å². The number of hydrogen-bond acceptors (Lipinski definition) is 5. The first-order valence-corrected chi connectivity index (χ1v) is 8.66. The van der Waals surface area contributed by atoms with E-state index in [2.05, 4.69) is 20.4 Å². The van der Waals surface area contributed by atoms with E-state index >= 15 is 0 Å². The molecule has 0 atom stereocenters. The lowest BCUT2D eigenvalue weighted by Gasteiger charge is -2.09. The maximum atomic E-state index is 12.6. The van der Waals surface area contributed by atoms with E-state index in [1.807, 2.05) is 24.3 Å². The Morgan fingerprint density at radius 1 is 1.11 bits per heavy atom. The molecule has 0 spiro atoms. The van der Waals surface area contributed by atoms with Crippen LogP contribution in [-0.2, 0) is 0 Å². The molecule has 7 heteroatoms. The summed E-state index contributed by atoms with van der Waals surface area (Å²) in [7, 11) is 0. The molecular weight excluding hydrogens is 364 g/mol. The van der Waals surface area contributed by atoms with Gasteiger partial charge in [-0.3, -0.25) is 9.78 Å². The molecule has 0 aliphatic heterocycles. The summed E-state index contributed by atoms with van der Waals surface area (Å²) < 4.78 is 5.06. The second-order valence-corrected chi connectivity index (χ2v) is 6.50. The third kappa shape index (κ3) is 3.27. The number of aromatic nitrogens is 3. The Kier molecular flexibility index (Phi) is 4.33. The Balaban J connectivity index is 1.69. The van der Waals surface area contributed by atoms with Gasteiger partial charge in [0, 0.05) is 11.3 Å². The average molecular weight is 379 g/mol. The molecule has 2 aromatic heterocycles. The van der Waals surface area contributed by atoms with Gasteiger partial charge in [-0.1, -0.05) is 28.9 Å². The summed E-state index contributed by atoms with van der Waals surface area (Å²) in [4.78, 5) is 21.6. The summed E-state index contributed by atoms with van der Waals surface area (Å²) in [6, 6.07) is 12.8. The van der Waals surface area contributed by atoms with E-state index in [0.29, 0.717) is 39.0 Å². The molecule has 0 bridgehead atoms. The summed E-state index contributed by atoms with van der Waals surface area (Å²) in [5.41, 5.74) is 4.46.